The molecule has 7 aromatic rings. The van der Waals surface area contributed by atoms with E-state index in [4.69, 9.17) is 0 Å². The first kappa shape index (κ1) is 44.2. The number of H-pyrrole nitrogens is 2. The number of nitrogens with one attached hydrogen (secondary N) is 2. The van der Waals surface area contributed by atoms with Crippen molar-refractivity contribution < 1.29 is 101 Å². The third kappa shape index (κ3) is 7.15. The second kappa shape index (κ2) is 16.8. The summed E-state index contributed by atoms with van der Waals surface area (Å²) < 4.78 is 155. The van der Waals surface area contributed by atoms with Crippen molar-refractivity contribution in [1.82, 2.24) is 19.9 Å². The number of hydrogen-bond donors (Lipinski definition) is 2. The predicted octanol–water partition coefficient (Wildman–Crippen LogP) is 4.37. The molecule has 0 spiro atoms. The molecule has 18 heteroatoms. The Morgan fingerprint density at radius 2 is 0.581 bits per heavy atom. The van der Waals surface area contributed by atoms with Crippen molar-refractivity contribution in [2.24, 2.45) is 14.1 Å². The summed E-state index contributed by atoms with van der Waals surface area (Å²) in [5.41, 5.74) is -2.29. The first-order valence-electron chi connectivity index (χ1n) is 17.8. The fourth-order valence-corrected chi connectivity index (χ4v) is 7.32. The Morgan fingerprint density at radius 3 is 0.871 bits per heavy atom. The molecule has 0 saturated carbocycles. The van der Waals surface area contributed by atoms with Gasteiger partial charge in [0.2, 0.25) is 11.6 Å². The van der Waals surface area contributed by atoms with Gasteiger partial charge < -0.3 is 57.9 Å². The molecule has 0 fully saturated rings. The van der Waals surface area contributed by atoms with Crippen LogP contribution in [0.1, 0.15) is 22.8 Å². The maximum atomic E-state index is 15.8. The van der Waals surface area contributed by atoms with E-state index in [0.717, 1.165) is 0 Å². The minimum atomic E-state index is -2.35. The van der Waals surface area contributed by atoms with Crippen LogP contribution in [-0.4, -0.2) is 19.9 Å². The van der Waals surface area contributed by atoms with Gasteiger partial charge in [0.05, 0.1) is 33.9 Å². The number of aromatic amines is 2. The number of pyridine rings is 2. The van der Waals surface area contributed by atoms with E-state index in [2.05, 4.69) is 19.9 Å². The first-order chi connectivity index (χ1) is 28.7. The van der Waals surface area contributed by atoms with Gasteiger partial charge >= 0.3 is 0 Å². The highest BCUT2D eigenvalue weighted by Gasteiger charge is 2.32. The standard InChI is InChI=1S/C44H23F10N6.2HI/c1-59-15-11-19(12-16-59)29-21-3-7-25(55-21)31(33-35(45)39(49)43(53)40(50)36(33)46)27-9-5-23(57-27)30(20-13-17-60(2)18-14-20)24-6-10-28(58-24)32(26-8-4-22(29)56-26)34-37(47)41(51)44(54)42(52)38(34)48;;/h3-18H,1-2H3,(H,55,56,57,58);2*1H/q+1;;/p-1. The smallest absolute Gasteiger partial charge is 0.200 e. The Morgan fingerprint density at radius 1 is 0.339 bits per heavy atom. The molecule has 62 heavy (non-hydrogen) atoms. The van der Waals surface area contributed by atoms with Crippen LogP contribution in [0.4, 0.5) is 43.9 Å². The minimum Gasteiger partial charge on any atom is -1.00 e. The summed E-state index contributed by atoms with van der Waals surface area (Å²) in [4.78, 5) is 15.4. The van der Waals surface area contributed by atoms with Gasteiger partial charge in [-0.3, -0.25) is 0 Å². The summed E-state index contributed by atoms with van der Waals surface area (Å²) in [6.07, 6.45) is 12.2. The third-order valence-electron chi connectivity index (χ3n) is 10.2. The number of aromatic nitrogens is 6. The molecule has 0 aliphatic carbocycles. The molecule has 9 rings (SSSR count). The van der Waals surface area contributed by atoms with Crippen molar-refractivity contribution in [2.45, 2.75) is 0 Å². The fourth-order valence-electron chi connectivity index (χ4n) is 7.32. The Hall–Kier alpha value is -5.90. The molecule has 0 amide bonds. The Bertz CT molecular complexity index is 2960. The summed E-state index contributed by atoms with van der Waals surface area (Å²) in [5.74, 6) is -21.8. The minimum absolute atomic E-state index is 0. The van der Waals surface area contributed by atoms with Crippen LogP contribution in [0.25, 0.3) is 90.9 Å². The van der Waals surface area contributed by atoms with Crippen LogP contribution in [0.3, 0.4) is 0 Å². The van der Waals surface area contributed by atoms with Crippen LogP contribution in [0.2, 0.25) is 0 Å². The molecule has 314 valence electrons. The molecule has 2 aromatic carbocycles. The SMILES string of the molecule is C[n+]1ccc(-c2c3nc(c(-c4c(F)c(F)c(F)c(F)c4F)c4ccc([nH]4)c(-c4cc[n+](C)cc4)c4nc(c(-c5c(F)c(F)c(F)c(F)c5F)c5ccc2[nH]5)C=C4)C=C3)cc1.[I-].[I-]. The number of fused-ring (bicyclic) bond motifs is 8. The van der Waals surface area contributed by atoms with E-state index in [9.17, 15) is 26.3 Å². The van der Waals surface area contributed by atoms with Crippen molar-refractivity contribution in [1.29, 1.82) is 0 Å². The van der Waals surface area contributed by atoms with Gasteiger partial charge in [0.15, 0.2) is 71.3 Å². The summed E-state index contributed by atoms with van der Waals surface area (Å²) in [6.45, 7) is 0. The highest BCUT2D eigenvalue weighted by molar-refractivity contribution is 6.00. The maximum absolute atomic E-state index is 15.8. The predicted molar refractivity (Wildman–Crippen MR) is 203 cm³/mol. The lowest BCUT2D eigenvalue weighted by Crippen LogP contribution is -3.00. The van der Waals surface area contributed by atoms with Crippen LogP contribution in [-0.2, 0) is 14.1 Å². The number of hydrogen-bond acceptors (Lipinski definition) is 2. The maximum Gasteiger partial charge on any atom is 0.200 e. The Kier molecular flexibility index (Phi) is 11.9. The van der Waals surface area contributed by atoms with Crippen molar-refractivity contribution in [3.8, 4) is 44.5 Å². The normalized spacial score (nSPS) is 11.8. The highest BCUT2D eigenvalue weighted by atomic mass is 127. The van der Waals surface area contributed by atoms with E-state index in [1.165, 1.54) is 48.6 Å². The van der Waals surface area contributed by atoms with Gasteiger partial charge in [0.1, 0.15) is 14.1 Å². The zero-order valence-electron chi connectivity index (χ0n) is 31.6. The Balaban J connectivity index is 0.00000289. The van der Waals surface area contributed by atoms with E-state index in [1.807, 2.05) is 0 Å². The molecule has 0 saturated heterocycles. The van der Waals surface area contributed by atoms with Crippen molar-refractivity contribution in [3.63, 3.8) is 0 Å². The van der Waals surface area contributed by atoms with Crippen molar-refractivity contribution >= 4 is 46.4 Å². The molecule has 8 bridgehead atoms. The van der Waals surface area contributed by atoms with E-state index < -0.39 is 80.4 Å². The van der Waals surface area contributed by atoms with E-state index in [-0.39, 0.29) is 104 Å². The highest BCUT2D eigenvalue weighted by Crippen LogP contribution is 2.42. The lowest BCUT2D eigenvalue weighted by Gasteiger charge is -2.10. The number of rotatable bonds is 4. The molecule has 0 unspecified atom stereocenters. The quantitative estimate of drug-likeness (QED) is 0.0906. The zero-order valence-corrected chi connectivity index (χ0v) is 35.9. The van der Waals surface area contributed by atoms with E-state index in [1.54, 1.807) is 72.3 Å². The molecular formula is C44H24F10I2N6. The molecular weight excluding hydrogens is 1060 g/mol. The number of aryl methyl sites for hydroxylation is 2. The van der Waals surface area contributed by atoms with E-state index in [0.29, 0.717) is 11.1 Å². The second-order valence-corrected chi connectivity index (χ2v) is 13.9. The van der Waals surface area contributed by atoms with Crippen LogP contribution in [0, 0.1) is 58.2 Å². The van der Waals surface area contributed by atoms with Gasteiger partial charge in [0.25, 0.3) is 0 Å². The summed E-state index contributed by atoms with van der Waals surface area (Å²) >= 11 is 0. The second-order valence-electron chi connectivity index (χ2n) is 13.9. The molecule has 5 aromatic heterocycles. The average molecular weight is 1080 g/mol. The molecule has 7 heterocycles. The lowest BCUT2D eigenvalue weighted by atomic mass is 10.0. The average Bonchev–Trinajstić information content (AvgIpc) is 4.09. The monoisotopic (exact) mass is 1080 g/mol. The summed E-state index contributed by atoms with van der Waals surface area (Å²) in [5, 5.41) is 0. The van der Waals surface area contributed by atoms with Gasteiger partial charge in [-0.05, 0) is 59.7 Å². The van der Waals surface area contributed by atoms with Crippen molar-refractivity contribution in [2.75, 3.05) is 0 Å². The Labute approximate surface area is 378 Å². The zero-order chi connectivity index (χ0) is 42.3. The molecule has 6 nitrogen and oxygen atoms in total. The van der Waals surface area contributed by atoms with Crippen molar-refractivity contribution in [3.05, 3.63) is 154 Å². The summed E-state index contributed by atoms with van der Waals surface area (Å²) in [7, 11) is 3.48. The van der Waals surface area contributed by atoms with Gasteiger partial charge in [0, 0.05) is 68.6 Å². The molecule has 2 N–H and O–H groups in total. The van der Waals surface area contributed by atoms with E-state index >= 15 is 17.6 Å². The topological polar surface area (TPSA) is 65.1 Å². The third-order valence-corrected chi connectivity index (χ3v) is 10.2. The van der Waals surface area contributed by atoms with Crippen LogP contribution in [0.15, 0.2) is 73.3 Å². The van der Waals surface area contributed by atoms with Gasteiger partial charge in [-0.1, -0.05) is 0 Å². The lowest BCUT2D eigenvalue weighted by molar-refractivity contribution is -0.671. The number of nitrogens with zero attached hydrogens (tertiary/aromatic N) is 4. The number of benzene rings is 2. The van der Waals surface area contributed by atoms with Crippen LogP contribution >= 0.6 is 0 Å². The van der Waals surface area contributed by atoms with Crippen LogP contribution in [0.5, 0.6) is 0 Å². The van der Waals surface area contributed by atoms with Crippen LogP contribution < -0.4 is 57.1 Å². The first-order valence-corrected chi connectivity index (χ1v) is 17.8. The molecule has 2 aliphatic rings. The largest absolute Gasteiger partial charge is 1.00 e. The van der Waals surface area contributed by atoms with Gasteiger partial charge in [-0.2, -0.15) is 0 Å². The molecule has 2 aliphatic heterocycles. The fraction of sp³-hybridized carbons (Fsp3) is 0.0455. The summed E-state index contributed by atoms with van der Waals surface area (Å²) in [6, 6.07) is 12.2. The molecule has 0 atom stereocenters. The van der Waals surface area contributed by atoms with Gasteiger partial charge in [-0.25, -0.2) is 63.0 Å². The van der Waals surface area contributed by atoms with Gasteiger partial charge in [-0.15, -0.1) is 0 Å². The molecule has 0 radical (unpaired) electrons. The number of halogens is 12.